The molecule has 0 spiro atoms. The molecule has 0 aliphatic heterocycles. The lowest BCUT2D eigenvalue weighted by Gasteiger charge is -2.02. The zero-order chi connectivity index (χ0) is 10.2. The molecule has 78 valence electrons. The lowest BCUT2D eigenvalue weighted by Crippen LogP contribution is -1.90. The summed E-state index contributed by atoms with van der Waals surface area (Å²) in [5.41, 5.74) is 0.837. The van der Waals surface area contributed by atoms with Crippen LogP contribution in [-0.2, 0) is 6.42 Å². The predicted octanol–water partition coefficient (Wildman–Crippen LogP) is 3.30. The Morgan fingerprint density at radius 2 is 2.00 bits per heavy atom. The van der Waals surface area contributed by atoms with Crippen LogP contribution in [0.2, 0.25) is 0 Å². The number of aryl methyl sites for hydroxylation is 1. The van der Waals surface area contributed by atoms with E-state index in [0.717, 1.165) is 18.5 Å². The number of aromatic hydroxyl groups is 1. The highest BCUT2D eigenvalue weighted by molar-refractivity contribution is 5.24. The van der Waals surface area contributed by atoms with Gasteiger partial charge in [0.05, 0.1) is 5.69 Å². The molecule has 0 saturated carbocycles. The van der Waals surface area contributed by atoms with Crippen LogP contribution >= 0.6 is 0 Å². The fraction of sp³-hybridized carbons (Fsp3) is 0.583. The van der Waals surface area contributed by atoms with Crippen LogP contribution in [0.25, 0.3) is 0 Å². The number of pyridine rings is 1. The minimum Gasteiger partial charge on any atom is -0.506 e. The smallest absolute Gasteiger partial charge is 0.137 e. The monoisotopic (exact) mass is 193 g/mol. The molecule has 1 N–H and O–H groups in total. The lowest BCUT2D eigenvalue weighted by atomic mass is 10.1. The van der Waals surface area contributed by atoms with Crippen LogP contribution in [0.15, 0.2) is 18.3 Å². The van der Waals surface area contributed by atoms with Crippen molar-refractivity contribution in [2.45, 2.75) is 45.4 Å². The van der Waals surface area contributed by atoms with Crippen molar-refractivity contribution in [2.75, 3.05) is 0 Å². The van der Waals surface area contributed by atoms with Gasteiger partial charge in [0.15, 0.2) is 0 Å². The summed E-state index contributed by atoms with van der Waals surface area (Å²) in [5, 5.41) is 9.45. The topological polar surface area (TPSA) is 33.1 Å². The molecule has 0 radical (unpaired) electrons. The molecule has 0 unspecified atom stereocenters. The van der Waals surface area contributed by atoms with Crippen LogP contribution < -0.4 is 0 Å². The minimum absolute atomic E-state index is 0.336. The Balaban J connectivity index is 2.21. The van der Waals surface area contributed by atoms with Crippen LogP contribution in [0.3, 0.4) is 0 Å². The van der Waals surface area contributed by atoms with E-state index in [0.29, 0.717) is 5.75 Å². The van der Waals surface area contributed by atoms with Crippen LogP contribution in [0, 0.1) is 0 Å². The van der Waals surface area contributed by atoms with Gasteiger partial charge in [-0.05, 0) is 25.0 Å². The Bertz CT molecular complexity index is 260. The van der Waals surface area contributed by atoms with E-state index in [9.17, 15) is 5.11 Å². The first kappa shape index (κ1) is 11.0. The maximum atomic E-state index is 9.45. The first-order valence-electron chi connectivity index (χ1n) is 5.47. The molecule has 0 aliphatic rings. The normalized spacial score (nSPS) is 10.4. The summed E-state index contributed by atoms with van der Waals surface area (Å²) >= 11 is 0. The van der Waals surface area contributed by atoms with Gasteiger partial charge in [-0.2, -0.15) is 0 Å². The molecule has 1 rings (SSSR count). The molecule has 2 nitrogen and oxygen atoms in total. The van der Waals surface area contributed by atoms with Gasteiger partial charge in [-0.3, -0.25) is 4.98 Å². The fourth-order valence-electron chi connectivity index (χ4n) is 1.52. The fourth-order valence-corrected chi connectivity index (χ4v) is 1.52. The van der Waals surface area contributed by atoms with E-state index in [-0.39, 0.29) is 0 Å². The third-order valence-electron chi connectivity index (χ3n) is 2.38. The Morgan fingerprint density at radius 1 is 1.21 bits per heavy atom. The average Bonchev–Trinajstić information content (AvgIpc) is 2.20. The highest BCUT2D eigenvalue weighted by atomic mass is 16.3. The summed E-state index contributed by atoms with van der Waals surface area (Å²) < 4.78 is 0. The first-order chi connectivity index (χ1) is 6.84. The standard InChI is InChI=1S/C12H19NO/c1-2-3-4-5-6-8-11-12(14)9-7-10-13-11/h7,9-10,14H,2-6,8H2,1H3. The zero-order valence-electron chi connectivity index (χ0n) is 8.87. The van der Waals surface area contributed by atoms with Crippen molar-refractivity contribution < 1.29 is 5.11 Å². The number of aromatic nitrogens is 1. The first-order valence-corrected chi connectivity index (χ1v) is 5.47. The molecular weight excluding hydrogens is 174 g/mol. The average molecular weight is 193 g/mol. The third kappa shape index (κ3) is 3.77. The van der Waals surface area contributed by atoms with Gasteiger partial charge in [0.25, 0.3) is 0 Å². The van der Waals surface area contributed by atoms with Gasteiger partial charge in [0.2, 0.25) is 0 Å². The van der Waals surface area contributed by atoms with Crippen LogP contribution in [0.4, 0.5) is 0 Å². The number of rotatable bonds is 6. The van der Waals surface area contributed by atoms with Crippen LogP contribution in [0.5, 0.6) is 5.75 Å². The summed E-state index contributed by atoms with van der Waals surface area (Å²) in [6.07, 6.45) is 8.89. The molecule has 14 heavy (non-hydrogen) atoms. The molecule has 0 saturated heterocycles. The molecule has 0 fully saturated rings. The largest absolute Gasteiger partial charge is 0.506 e. The van der Waals surface area contributed by atoms with E-state index in [1.807, 2.05) is 0 Å². The van der Waals surface area contributed by atoms with E-state index in [2.05, 4.69) is 11.9 Å². The highest BCUT2D eigenvalue weighted by Crippen LogP contribution is 2.15. The van der Waals surface area contributed by atoms with E-state index >= 15 is 0 Å². The van der Waals surface area contributed by atoms with Crippen molar-refractivity contribution in [1.29, 1.82) is 0 Å². The summed E-state index contributed by atoms with van der Waals surface area (Å²) in [4.78, 5) is 4.15. The Kier molecular flexibility index (Phi) is 5.05. The highest BCUT2D eigenvalue weighted by Gasteiger charge is 2.00. The number of nitrogens with zero attached hydrogens (tertiary/aromatic N) is 1. The summed E-state index contributed by atoms with van der Waals surface area (Å²) in [6.45, 7) is 2.21. The number of unbranched alkanes of at least 4 members (excludes halogenated alkanes) is 4. The van der Waals surface area contributed by atoms with Gasteiger partial charge in [-0.15, -0.1) is 0 Å². The van der Waals surface area contributed by atoms with Crippen molar-refractivity contribution in [2.24, 2.45) is 0 Å². The van der Waals surface area contributed by atoms with Crippen LogP contribution in [-0.4, -0.2) is 10.1 Å². The van der Waals surface area contributed by atoms with Crippen molar-refractivity contribution in [3.63, 3.8) is 0 Å². The summed E-state index contributed by atoms with van der Waals surface area (Å²) in [7, 11) is 0. The van der Waals surface area contributed by atoms with Gasteiger partial charge in [0.1, 0.15) is 5.75 Å². The molecule has 1 aromatic heterocycles. The number of hydrogen-bond acceptors (Lipinski definition) is 2. The predicted molar refractivity (Wildman–Crippen MR) is 58.4 cm³/mol. The van der Waals surface area contributed by atoms with E-state index in [1.165, 1.54) is 25.7 Å². The Hall–Kier alpha value is -1.05. The molecule has 0 amide bonds. The van der Waals surface area contributed by atoms with Gasteiger partial charge < -0.3 is 5.11 Å². The molecule has 0 atom stereocenters. The van der Waals surface area contributed by atoms with Crippen LogP contribution in [0.1, 0.15) is 44.7 Å². The SMILES string of the molecule is CCCCCCCc1ncccc1O. The molecule has 0 aromatic carbocycles. The second kappa shape index (κ2) is 6.41. The summed E-state index contributed by atoms with van der Waals surface area (Å²) in [6, 6.07) is 3.46. The molecule has 1 heterocycles. The second-order valence-corrected chi connectivity index (χ2v) is 3.63. The maximum absolute atomic E-state index is 9.45. The van der Waals surface area contributed by atoms with E-state index in [1.54, 1.807) is 18.3 Å². The van der Waals surface area contributed by atoms with Crippen molar-refractivity contribution in [3.05, 3.63) is 24.0 Å². The Labute approximate surface area is 86.0 Å². The van der Waals surface area contributed by atoms with Gasteiger partial charge in [0, 0.05) is 6.20 Å². The molecular formula is C12H19NO. The molecule has 1 aromatic rings. The minimum atomic E-state index is 0.336. The second-order valence-electron chi connectivity index (χ2n) is 3.63. The maximum Gasteiger partial charge on any atom is 0.137 e. The van der Waals surface area contributed by atoms with E-state index in [4.69, 9.17) is 0 Å². The molecule has 2 heteroatoms. The van der Waals surface area contributed by atoms with Crippen molar-refractivity contribution in [3.8, 4) is 5.75 Å². The third-order valence-corrected chi connectivity index (χ3v) is 2.38. The Morgan fingerprint density at radius 3 is 2.71 bits per heavy atom. The van der Waals surface area contributed by atoms with Crippen molar-refractivity contribution in [1.82, 2.24) is 4.98 Å². The molecule has 0 bridgehead atoms. The van der Waals surface area contributed by atoms with E-state index < -0.39 is 0 Å². The lowest BCUT2D eigenvalue weighted by molar-refractivity contribution is 0.461. The zero-order valence-corrected chi connectivity index (χ0v) is 8.87. The van der Waals surface area contributed by atoms with Gasteiger partial charge >= 0.3 is 0 Å². The van der Waals surface area contributed by atoms with Gasteiger partial charge in [-0.1, -0.05) is 32.6 Å². The summed E-state index contributed by atoms with van der Waals surface area (Å²) in [5.74, 6) is 0.336. The van der Waals surface area contributed by atoms with Gasteiger partial charge in [-0.25, -0.2) is 0 Å². The quantitative estimate of drug-likeness (QED) is 0.703. The van der Waals surface area contributed by atoms with Crippen molar-refractivity contribution >= 4 is 0 Å². The number of hydrogen-bond donors (Lipinski definition) is 1. The molecule has 0 aliphatic carbocycles.